The van der Waals surface area contributed by atoms with Crippen molar-refractivity contribution in [3.8, 4) is 0 Å². The molecule has 0 spiro atoms. The molecule has 2 N–H and O–H groups in total. The van der Waals surface area contributed by atoms with Crippen molar-refractivity contribution in [3.63, 3.8) is 0 Å². The van der Waals surface area contributed by atoms with Gasteiger partial charge in [-0.2, -0.15) is 0 Å². The Morgan fingerprint density at radius 3 is 2.42 bits per heavy atom. The van der Waals surface area contributed by atoms with E-state index >= 15 is 0 Å². The Labute approximate surface area is 207 Å². The summed E-state index contributed by atoms with van der Waals surface area (Å²) in [6, 6.07) is 12.9. The number of aryl methyl sites for hydroxylation is 1. The maximum atomic E-state index is 14.3. The number of unbranched alkanes of at least 4 members (excludes halogenated alkanes) is 1. The van der Waals surface area contributed by atoms with Gasteiger partial charge in [-0.3, -0.25) is 18.7 Å². The monoisotopic (exact) mass is 513 g/mol. The molecule has 190 valence electrons. The number of aromatic nitrogens is 4. The topological polar surface area (TPSA) is 119 Å². The molecule has 0 saturated carbocycles. The Bertz CT molecular complexity index is 1600. The molecule has 0 fully saturated rings. The third kappa shape index (κ3) is 5.40. The minimum absolute atomic E-state index is 0.0259. The van der Waals surface area contributed by atoms with Gasteiger partial charge in [0.1, 0.15) is 17.2 Å². The van der Waals surface area contributed by atoms with Gasteiger partial charge < -0.3 is 4.98 Å². The zero-order chi connectivity index (χ0) is 25.9. The standard InChI is InChI=1S/C25H28FN5O4S/c1-3-5-14-30-23-22(24(32)31(25(30)33)16-18-8-6-7-9-20(18)26)27-21(28-23)15-17-10-12-19(13-11-17)29-36(34,35)4-2/h6-13,29H,3-5,14-16H2,1-2H3,(H,27,28). The number of anilines is 1. The van der Waals surface area contributed by atoms with E-state index in [9.17, 15) is 22.4 Å². The summed E-state index contributed by atoms with van der Waals surface area (Å²) in [4.78, 5) is 34.1. The van der Waals surface area contributed by atoms with E-state index in [1.54, 1.807) is 49.4 Å². The third-order valence-electron chi connectivity index (χ3n) is 5.91. The molecule has 0 bridgehead atoms. The summed E-state index contributed by atoms with van der Waals surface area (Å²) in [6.07, 6.45) is 1.89. The molecule has 2 aromatic heterocycles. The van der Waals surface area contributed by atoms with Crippen molar-refractivity contribution >= 4 is 26.9 Å². The van der Waals surface area contributed by atoms with E-state index in [4.69, 9.17) is 0 Å². The number of aromatic amines is 1. The number of rotatable bonds is 10. The van der Waals surface area contributed by atoms with Gasteiger partial charge in [-0.1, -0.05) is 43.7 Å². The van der Waals surface area contributed by atoms with E-state index < -0.39 is 27.1 Å². The Morgan fingerprint density at radius 2 is 1.75 bits per heavy atom. The third-order valence-corrected chi connectivity index (χ3v) is 7.22. The molecule has 0 radical (unpaired) electrons. The number of imidazole rings is 1. The van der Waals surface area contributed by atoms with Gasteiger partial charge in [-0.15, -0.1) is 0 Å². The average molecular weight is 514 g/mol. The molecule has 0 saturated heterocycles. The molecule has 4 rings (SSSR count). The first-order valence-corrected chi connectivity index (χ1v) is 13.4. The lowest BCUT2D eigenvalue weighted by molar-refractivity contribution is 0.553. The molecule has 36 heavy (non-hydrogen) atoms. The van der Waals surface area contributed by atoms with Crippen LogP contribution in [0.1, 0.15) is 43.6 Å². The molecular formula is C25H28FN5O4S. The summed E-state index contributed by atoms with van der Waals surface area (Å²) in [7, 11) is -3.37. The molecule has 4 aromatic rings. The van der Waals surface area contributed by atoms with Crippen LogP contribution in [0.2, 0.25) is 0 Å². The predicted molar refractivity (Wildman–Crippen MR) is 137 cm³/mol. The van der Waals surface area contributed by atoms with Gasteiger partial charge in [0.05, 0.1) is 12.3 Å². The second kappa shape index (κ2) is 10.5. The fourth-order valence-corrected chi connectivity index (χ4v) is 4.53. The number of halogens is 1. The highest BCUT2D eigenvalue weighted by atomic mass is 32.2. The number of benzene rings is 2. The van der Waals surface area contributed by atoms with Crippen LogP contribution in [0.15, 0.2) is 58.1 Å². The lowest BCUT2D eigenvalue weighted by Crippen LogP contribution is -2.40. The molecule has 2 heterocycles. The summed E-state index contributed by atoms with van der Waals surface area (Å²) in [5.41, 5.74) is 0.896. The molecule has 9 nitrogen and oxygen atoms in total. The lowest BCUT2D eigenvalue weighted by atomic mass is 10.1. The summed E-state index contributed by atoms with van der Waals surface area (Å²) in [6.45, 7) is 3.75. The van der Waals surface area contributed by atoms with E-state index in [2.05, 4.69) is 14.7 Å². The van der Waals surface area contributed by atoms with E-state index in [1.165, 1.54) is 10.6 Å². The normalized spacial score (nSPS) is 11.8. The van der Waals surface area contributed by atoms with Crippen LogP contribution in [0.4, 0.5) is 10.1 Å². The molecule has 11 heteroatoms. The van der Waals surface area contributed by atoms with Crippen molar-refractivity contribution < 1.29 is 12.8 Å². The van der Waals surface area contributed by atoms with Crippen LogP contribution >= 0.6 is 0 Å². The van der Waals surface area contributed by atoms with Gasteiger partial charge in [-0.05, 0) is 37.1 Å². The largest absolute Gasteiger partial charge is 0.336 e. The van der Waals surface area contributed by atoms with Crippen molar-refractivity contribution in [2.45, 2.75) is 46.2 Å². The number of hydrogen-bond acceptors (Lipinski definition) is 5. The molecule has 0 aliphatic rings. The molecule has 0 unspecified atom stereocenters. The van der Waals surface area contributed by atoms with E-state index in [-0.39, 0.29) is 29.0 Å². The summed E-state index contributed by atoms with van der Waals surface area (Å²) in [5.74, 6) is -0.0293. The number of hydrogen-bond donors (Lipinski definition) is 2. The van der Waals surface area contributed by atoms with Gasteiger partial charge in [0.25, 0.3) is 5.56 Å². The van der Waals surface area contributed by atoms with Crippen molar-refractivity contribution in [2.75, 3.05) is 10.5 Å². The fraction of sp³-hybridized carbons (Fsp3) is 0.320. The van der Waals surface area contributed by atoms with Crippen molar-refractivity contribution in [3.05, 3.63) is 92.1 Å². The minimum atomic E-state index is -3.37. The Hall–Kier alpha value is -3.73. The van der Waals surface area contributed by atoms with E-state index in [1.807, 2.05) is 6.92 Å². The quantitative estimate of drug-likeness (QED) is 0.338. The van der Waals surface area contributed by atoms with Crippen LogP contribution in [0.3, 0.4) is 0 Å². The summed E-state index contributed by atoms with van der Waals surface area (Å²) >= 11 is 0. The Balaban J connectivity index is 1.71. The predicted octanol–water partition coefficient (Wildman–Crippen LogP) is 3.23. The molecule has 0 aliphatic heterocycles. The smallest absolute Gasteiger partial charge is 0.333 e. The van der Waals surface area contributed by atoms with Crippen molar-refractivity contribution in [1.29, 1.82) is 0 Å². The first-order chi connectivity index (χ1) is 17.2. The van der Waals surface area contributed by atoms with Crippen LogP contribution < -0.4 is 16.0 Å². The van der Waals surface area contributed by atoms with E-state index in [0.29, 0.717) is 30.9 Å². The lowest BCUT2D eigenvalue weighted by Gasteiger charge is -2.11. The second-order valence-electron chi connectivity index (χ2n) is 8.53. The van der Waals surface area contributed by atoms with Gasteiger partial charge in [-0.25, -0.2) is 22.6 Å². The first kappa shape index (κ1) is 25.4. The van der Waals surface area contributed by atoms with Gasteiger partial charge in [0.2, 0.25) is 10.0 Å². The summed E-state index contributed by atoms with van der Waals surface area (Å²) in [5, 5.41) is 0. The number of fused-ring (bicyclic) bond motifs is 1. The molecule has 0 amide bonds. The van der Waals surface area contributed by atoms with Gasteiger partial charge in [0, 0.05) is 24.2 Å². The average Bonchev–Trinajstić information content (AvgIpc) is 3.27. The van der Waals surface area contributed by atoms with Crippen LogP contribution in [0, 0.1) is 5.82 Å². The highest BCUT2D eigenvalue weighted by Crippen LogP contribution is 2.16. The second-order valence-corrected chi connectivity index (χ2v) is 10.5. The highest BCUT2D eigenvalue weighted by molar-refractivity contribution is 7.92. The van der Waals surface area contributed by atoms with Crippen LogP contribution in [-0.2, 0) is 29.5 Å². The number of nitrogens with one attached hydrogen (secondary N) is 2. The first-order valence-electron chi connectivity index (χ1n) is 11.8. The molecule has 2 aromatic carbocycles. The maximum absolute atomic E-state index is 14.3. The fourth-order valence-electron chi connectivity index (χ4n) is 3.89. The summed E-state index contributed by atoms with van der Waals surface area (Å²) < 4.78 is 42.8. The molecule has 0 atom stereocenters. The van der Waals surface area contributed by atoms with Crippen LogP contribution in [0.25, 0.3) is 11.2 Å². The van der Waals surface area contributed by atoms with Gasteiger partial charge in [0.15, 0.2) is 5.65 Å². The molecular weight excluding hydrogens is 485 g/mol. The van der Waals surface area contributed by atoms with E-state index in [0.717, 1.165) is 16.6 Å². The Kier molecular flexibility index (Phi) is 7.39. The zero-order valence-electron chi connectivity index (χ0n) is 20.1. The van der Waals surface area contributed by atoms with Gasteiger partial charge >= 0.3 is 5.69 Å². The Morgan fingerprint density at radius 1 is 1.03 bits per heavy atom. The number of nitrogens with zero attached hydrogens (tertiary/aromatic N) is 3. The minimum Gasteiger partial charge on any atom is -0.336 e. The van der Waals surface area contributed by atoms with Crippen LogP contribution in [0.5, 0.6) is 0 Å². The highest BCUT2D eigenvalue weighted by Gasteiger charge is 2.18. The van der Waals surface area contributed by atoms with Crippen molar-refractivity contribution in [2.24, 2.45) is 0 Å². The maximum Gasteiger partial charge on any atom is 0.333 e. The SMILES string of the molecule is CCCCn1c(=O)n(Cc2ccccc2F)c(=O)c2[nH]c(Cc3ccc(NS(=O)(=O)CC)cc3)nc21. The van der Waals surface area contributed by atoms with Crippen LogP contribution in [-0.4, -0.2) is 33.3 Å². The molecule has 0 aliphatic carbocycles. The number of sulfonamides is 1. The van der Waals surface area contributed by atoms with Crippen molar-refractivity contribution in [1.82, 2.24) is 19.1 Å². The number of H-pyrrole nitrogens is 1. The zero-order valence-corrected chi connectivity index (χ0v) is 20.9.